The number of carbonyl (C=O) groups excluding carboxylic acids is 2. The first-order chi connectivity index (χ1) is 16.3. The number of hydrogen-bond acceptors (Lipinski definition) is 3. The van der Waals surface area contributed by atoms with E-state index in [2.05, 4.69) is 43.1 Å². The second kappa shape index (κ2) is 12.7. The molecule has 0 radical (unpaired) electrons. The van der Waals surface area contributed by atoms with Crippen molar-refractivity contribution in [2.45, 2.75) is 96.9 Å². The maximum Gasteiger partial charge on any atom is 0.326 e. The number of imide groups is 1. The molecular weight excluding hydrogens is 422 g/mol. The number of carbonyl (C=O) groups is 2. The van der Waals surface area contributed by atoms with Crippen molar-refractivity contribution in [2.24, 2.45) is 17.8 Å². The Balaban J connectivity index is 1.58. The van der Waals surface area contributed by atoms with Crippen LogP contribution in [0.3, 0.4) is 0 Å². The Labute approximate surface area is 207 Å². The van der Waals surface area contributed by atoms with Gasteiger partial charge in [0.05, 0.1) is 6.67 Å². The summed E-state index contributed by atoms with van der Waals surface area (Å²) < 4.78 is 0. The zero-order chi connectivity index (χ0) is 24.6. The molecular formula is C29H47N3O2. The molecule has 5 nitrogen and oxygen atoms in total. The number of urea groups is 1. The maximum absolute atomic E-state index is 13.9. The van der Waals surface area contributed by atoms with Crippen LogP contribution in [0.2, 0.25) is 0 Å². The predicted octanol–water partition coefficient (Wildman–Crippen LogP) is 6.23. The second-order valence-electron chi connectivity index (χ2n) is 11.4. The Kier molecular flexibility index (Phi) is 9.99. The van der Waals surface area contributed by atoms with Crippen LogP contribution in [0.25, 0.3) is 0 Å². The Hall–Kier alpha value is -1.88. The van der Waals surface area contributed by atoms with E-state index in [0.717, 1.165) is 50.1 Å². The highest BCUT2D eigenvalue weighted by atomic mass is 16.2. The van der Waals surface area contributed by atoms with Gasteiger partial charge >= 0.3 is 6.03 Å². The van der Waals surface area contributed by atoms with Crippen molar-refractivity contribution in [2.75, 3.05) is 20.3 Å². The summed E-state index contributed by atoms with van der Waals surface area (Å²) in [5.74, 6) is 1.66. The second-order valence-corrected chi connectivity index (χ2v) is 11.4. The van der Waals surface area contributed by atoms with Gasteiger partial charge in [-0.15, -0.1) is 0 Å². The van der Waals surface area contributed by atoms with Crippen molar-refractivity contribution in [3.8, 4) is 0 Å². The Morgan fingerprint density at radius 3 is 2.32 bits per heavy atom. The van der Waals surface area contributed by atoms with Crippen molar-refractivity contribution in [1.29, 1.82) is 0 Å². The fourth-order valence-electron chi connectivity index (χ4n) is 5.76. The van der Waals surface area contributed by atoms with Crippen LogP contribution in [0.5, 0.6) is 0 Å². The summed E-state index contributed by atoms with van der Waals surface area (Å²) in [7, 11) is 2.03. The Morgan fingerprint density at radius 2 is 1.65 bits per heavy atom. The van der Waals surface area contributed by atoms with Gasteiger partial charge in [-0.25, -0.2) is 9.69 Å². The molecule has 1 aliphatic carbocycles. The van der Waals surface area contributed by atoms with Gasteiger partial charge in [-0.1, -0.05) is 96.0 Å². The summed E-state index contributed by atoms with van der Waals surface area (Å²) in [5, 5.41) is 3.22. The quantitative estimate of drug-likeness (QED) is 0.275. The molecule has 0 spiro atoms. The molecule has 34 heavy (non-hydrogen) atoms. The predicted molar refractivity (Wildman–Crippen MR) is 139 cm³/mol. The van der Waals surface area contributed by atoms with Crippen LogP contribution in [0, 0.1) is 17.8 Å². The van der Waals surface area contributed by atoms with Crippen LogP contribution in [0.1, 0.15) is 90.5 Å². The first kappa shape index (κ1) is 26.7. The van der Waals surface area contributed by atoms with Gasteiger partial charge in [0, 0.05) is 6.42 Å². The molecule has 2 aliphatic rings. The van der Waals surface area contributed by atoms with Crippen LogP contribution < -0.4 is 5.32 Å². The maximum atomic E-state index is 13.9. The molecule has 1 saturated heterocycles. The van der Waals surface area contributed by atoms with Crippen molar-refractivity contribution in [3.63, 3.8) is 0 Å². The highest BCUT2D eigenvalue weighted by molar-refractivity contribution is 6.07. The topological polar surface area (TPSA) is 52.6 Å². The summed E-state index contributed by atoms with van der Waals surface area (Å²) in [5.41, 5.74) is 0.304. The number of nitrogens with one attached hydrogen (secondary N) is 1. The van der Waals surface area contributed by atoms with Gasteiger partial charge in [-0.2, -0.15) is 0 Å². The number of hydrogen-bond donors (Lipinski definition) is 1. The molecule has 190 valence electrons. The fraction of sp³-hybridized carbons (Fsp3) is 0.724. The van der Waals surface area contributed by atoms with E-state index >= 15 is 0 Å². The highest BCUT2D eigenvalue weighted by Crippen LogP contribution is 2.40. The van der Waals surface area contributed by atoms with Gasteiger partial charge in [0.25, 0.3) is 5.91 Å². The zero-order valence-corrected chi connectivity index (χ0v) is 22.0. The van der Waals surface area contributed by atoms with E-state index in [0.29, 0.717) is 19.0 Å². The molecule has 1 saturated carbocycles. The summed E-state index contributed by atoms with van der Waals surface area (Å²) in [6.45, 7) is 8.15. The third-order valence-corrected chi connectivity index (χ3v) is 7.94. The lowest BCUT2D eigenvalue weighted by Crippen LogP contribution is -2.56. The third-order valence-electron chi connectivity index (χ3n) is 7.94. The first-order valence-corrected chi connectivity index (χ1v) is 13.7. The molecule has 1 N–H and O–H groups in total. The molecule has 1 aromatic rings. The van der Waals surface area contributed by atoms with Crippen molar-refractivity contribution in [1.82, 2.24) is 15.1 Å². The van der Waals surface area contributed by atoms with Crippen molar-refractivity contribution < 1.29 is 9.59 Å². The van der Waals surface area contributed by atoms with Gasteiger partial charge in [0.2, 0.25) is 0 Å². The van der Waals surface area contributed by atoms with Gasteiger partial charge in [-0.05, 0) is 56.2 Å². The van der Waals surface area contributed by atoms with Gasteiger partial charge in [-0.3, -0.25) is 9.69 Å². The SMILES string of the molecule is CC(C)CCCCCCCN(C)CN1C(=O)NC(Cc2ccccc2)(C2CCC(C)CC2)C1=O. The van der Waals surface area contributed by atoms with E-state index in [1.807, 2.05) is 25.2 Å². The monoisotopic (exact) mass is 469 g/mol. The molecule has 3 rings (SSSR count). The summed E-state index contributed by atoms with van der Waals surface area (Å²) in [6, 6.07) is 9.95. The van der Waals surface area contributed by atoms with E-state index in [9.17, 15) is 9.59 Å². The van der Waals surface area contributed by atoms with Gasteiger partial charge < -0.3 is 5.32 Å². The number of rotatable bonds is 13. The zero-order valence-electron chi connectivity index (χ0n) is 22.0. The van der Waals surface area contributed by atoms with E-state index in [1.54, 1.807) is 0 Å². The molecule has 1 aliphatic heterocycles. The number of benzene rings is 1. The standard InChI is InChI=1S/C29H47N3O2/c1-23(2)13-9-6-5-7-12-20-31(4)22-32-27(33)29(30-28(32)34,21-25-14-10-8-11-15-25)26-18-16-24(3)17-19-26/h8,10-11,14-15,23-24,26H,5-7,9,12-13,16-22H2,1-4H3,(H,30,34). The number of unbranched alkanes of at least 4 members (excludes halogenated alkanes) is 4. The lowest BCUT2D eigenvalue weighted by molar-refractivity contribution is -0.135. The smallest absolute Gasteiger partial charge is 0.322 e. The van der Waals surface area contributed by atoms with Crippen LogP contribution in [0.4, 0.5) is 4.79 Å². The molecule has 1 unspecified atom stereocenters. The highest BCUT2D eigenvalue weighted by Gasteiger charge is 2.55. The number of amides is 3. The fourth-order valence-corrected chi connectivity index (χ4v) is 5.76. The van der Waals surface area contributed by atoms with E-state index in [-0.39, 0.29) is 17.9 Å². The Morgan fingerprint density at radius 1 is 1.00 bits per heavy atom. The minimum absolute atomic E-state index is 0.0264. The van der Waals surface area contributed by atoms with Crippen LogP contribution in [-0.4, -0.2) is 47.5 Å². The summed E-state index contributed by atoms with van der Waals surface area (Å²) >= 11 is 0. The lowest BCUT2D eigenvalue weighted by Gasteiger charge is -2.39. The molecule has 0 bridgehead atoms. The summed E-state index contributed by atoms with van der Waals surface area (Å²) in [6.07, 6.45) is 12.4. The molecule has 5 heteroatoms. The molecule has 2 fully saturated rings. The van der Waals surface area contributed by atoms with Gasteiger partial charge in [0.1, 0.15) is 5.54 Å². The van der Waals surface area contributed by atoms with E-state index in [1.165, 1.54) is 37.0 Å². The Bertz CT molecular complexity index is 773. The molecule has 3 amide bonds. The lowest BCUT2D eigenvalue weighted by atomic mass is 9.69. The normalized spacial score (nSPS) is 25.4. The van der Waals surface area contributed by atoms with Crippen LogP contribution in [-0.2, 0) is 11.2 Å². The first-order valence-electron chi connectivity index (χ1n) is 13.7. The molecule has 1 atom stereocenters. The van der Waals surface area contributed by atoms with Gasteiger partial charge in [0.15, 0.2) is 0 Å². The minimum Gasteiger partial charge on any atom is -0.322 e. The summed E-state index contributed by atoms with van der Waals surface area (Å²) in [4.78, 5) is 30.6. The average molecular weight is 470 g/mol. The largest absolute Gasteiger partial charge is 0.326 e. The molecule has 1 heterocycles. The number of nitrogens with zero attached hydrogens (tertiary/aromatic N) is 2. The third kappa shape index (κ3) is 7.07. The van der Waals surface area contributed by atoms with E-state index in [4.69, 9.17) is 0 Å². The molecule has 1 aromatic carbocycles. The minimum atomic E-state index is -0.810. The average Bonchev–Trinajstić information content (AvgIpc) is 3.04. The van der Waals surface area contributed by atoms with Crippen LogP contribution in [0.15, 0.2) is 30.3 Å². The van der Waals surface area contributed by atoms with Crippen molar-refractivity contribution >= 4 is 11.9 Å². The molecule has 0 aromatic heterocycles. The van der Waals surface area contributed by atoms with E-state index < -0.39 is 5.54 Å². The van der Waals surface area contributed by atoms with Crippen molar-refractivity contribution in [3.05, 3.63) is 35.9 Å². The van der Waals surface area contributed by atoms with Crippen LogP contribution >= 0.6 is 0 Å².